The van der Waals surface area contributed by atoms with Gasteiger partial charge in [-0.15, -0.1) is 11.8 Å². The molecule has 0 aliphatic carbocycles. The van der Waals surface area contributed by atoms with Crippen LogP contribution in [0.1, 0.15) is 57.1 Å². The highest BCUT2D eigenvalue weighted by Gasteiger charge is 2.33. The molecule has 0 aliphatic rings. The number of para-hydroxylation sites is 1. The van der Waals surface area contributed by atoms with Crippen LogP contribution in [-0.4, -0.2) is 27.4 Å². The molecule has 0 fully saturated rings. The van der Waals surface area contributed by atoms with Gasteiger partial charge in [0.25, 0.3) is 0 Å². The second kappa shape index (κ2) is 12.0. The summed E-state index contributed by atoms with van der Waals surface area (Å²) in [6.45, 7) is 11.3. The Kier molecular flexibility index (Phi) is 8.54. The summed E-state index contributed by atoms with van der Waals surface area (Å²) in [4.78, 5) is 18.8. The third-order valence-corrected chi connectivity index (χ3v) is 8.74. The second-order valence-electron chi connectivity index (χ2n) is 12.3. The van der Waals surface area contributed by atoms with Crippen molar-refractivity contribution in [2.24, 2.45) is 5.41 Å². The number of rotatable bonds is 8. The minimum Gasteiger partial charge on any atom is -0.469 e. The summed E-state index contributed by atoms with van der Waals surface area (Å²) >= 11 is 8.05. The number of carbonyl (C=O) groups excluding carboxylic acids is 1. The Balaban J connectivity index is 1.64. The Morgan fingerprint density at radius 1 is 0.952 bits per heavy atom. The molecule has 0 amide bonds. The Morgan fingerprint density at radius 2 is 1.69 bits per heavy atom. The lowest BCUT2D eigenvalue weighted by molar-refractivity contribution is -0.150. The second-order valence-corrected chi connectivity index (χ2v) is 14.6. The van der Waals surface area contributed by atoms with Gasteiger partial charge in [0.15, 0.2) is 0 Å². The number of carbonyl (C=O) groups is 1. The van der Waals surface area contributed by atoms with Crippen molar-refractivity contribution in [1.82, 2.24) is 9.55 Å². The number of fused-ring (bicyclic) bond motifs is 2. The van der Waals surface area contributed by atoms with Gasteiger partial charge in [-0.2, -0.15) is 0 Å². The normalized spacial score (nSPS) is 12.5. The minimum absolute atomic E-state index is 0.0373. The van der Waals surface area contributed by atoms with Crippen molar-refractivity contribution in [3.05, 3.63) is 106 Å². The molecule has 4 nitrogen and oxygen atoms in total. The number of hydrogen-bond acceptors (Lipinski definition) is 4. The van der Waals surface area contributed by atoms with Crippen LogP contribution in [0.4, 0.5) is 0 Å². The molecule has 2 heterocycles. The van der Waals surface area contributed by atoms with Gasteiger partial charge in [-0.05, 0) is 67.4 Å². The Bertz CT molecular complexity index is 1780. The van der Waals surface area contributed by atoms with Gasteiger partial charge < -0.3 is 9.30 Å². The van der Waals surface area contributed by atoms with Crippen LogP contribution in [0.2, 0.25) is 5.02 Å². The number of ether oxygens (including phenoxy) is 1. The summed E-state index contributed by atoms with van der Waals surface area (Å²) in [6, 6.07) is 26.9. The number of hydrogen-bond donors (Lipinski definition) is 0. The molecular weight excluding hydrogens is 560 g/mol. The van der Waals surface area contributed by atoms with Crippen molar-refractivity contribution in [3.8, 4) is 0 Å². The van der Waals surface area contributed by atoms with Crippen LogP contribution in [0.25, 0.3) is 34.0 Å². The van der Waals surface area contributed by atoms with Gasteiger partial charge in [0.05, 0.1) is 23.7 Å². The van der Waals surface area contributed by atoms with Gasteiger partial charge in [-0.3, -0.25) is 4.79 Å². The van der Waals surface area contributed by atoms with Gasteiger partial charge in [-0.1, -0.05) is 80.9 Å². The molecule has 0 N–H and O–H groups in total. The molecule has 3 aromatic carbocycles. The Morgan fingerprint density at radius 3 is 2.40 bits per heavy atom. The van der Waals surface area contributed by atoms with Crippen LogP contribution in [-0.2, 0) is 22.5 Å². The minimum atomic E-state index is -0.696. The maximum Gasteiger partial charge on any atom is 0.311 e. The highest BCUT2D eigenvalue weighted by Crippen LogP contribution is 2.44. The largest absolute Gasteiger partial charge is 0.469 e. The van der Waals surface area contributed by atoms with Crippen molar-refractivity contribution >= 4 is 63.3 Å². The van der Waals surface area contributed by atoms with Crippen molar-refractivity contribution in [2.45, 2.75) is 57.2 Å². The highest BCUT2D eigenvalue weighted by atomic mass is 35.5. The summed E-state index contributed by atoms with van der Waals surface area (Å²) < 4.78 is 7.53. The average molecular weight is 597 g/mol. The molecule has 0 saturated carbocycles. The molecule has 2 aromatic heterocycles. The summed E-state index contributed by atoms with van der Waals surface area (Å²) in [7, 11) is 1.46. The molecule has 0 atom stereocenters. The van der Waals surface area contributed by atoms with E-state index in [0.717, 1.165) is 38.9 Å². The zero-order valence-corrected chi connectivity index (χ0v) is 26.6. The zero-order valence-electron chi connectivity index (χ0n) is 25.1. The number of thioether (sulfide) groups is 1. The first-order chi connectivity index (χ1) is 19.9. The molecule has 0 saturated heterocycles. The molecule has 0 unspecified atom stereocenters. The van der Waals surface area contributed by atoms with Gasteiger partial charge in [-0.25, -0.2) is 4.98 Å². The average Bonchev–Trinajstić information content (AvgIpc) is 3.21. The van der Waals surface area contributed by atoms with Crippen LogP contribution in [0.5, 0.6) is 0 Å². The third kappa shape index (κ3) is 6.74. The number of pyridine rings is 1. The molecule has 5 aromatic rings. The molecule has 0 bridgehead atoms. The van der Waals surface area contributed by atoms with Crippen LogP contribution in [0.3, 0.4) is 0 Å². The van der Waals surface area contributed by atoms with E-state index >= 15 is 0 Å². The molecule has 6 heteroatoms. The molecule has 0 radical (unpaired) electrons. The van der Waals surface area contributed by atoms with E-state index in [1.807, 2.05) is 62.0 Å². The van der Waals surface area contributed by atoms with E-state index in [-0.39, 0.29) is 10.7 Å². The third-order valence-electron chi connectivity index (χ3n) is 7.22. The lowest BCUT2D eigenvalue weighted by atomic mass is 9.87. The fraction of sp³-hybridized carbons (Fsp3) is 0.278. The van der Waals surface area contributed by atoms with E-state index in [4.69, 9.17) is 21.3 Å². The zero-order chi connectivity index (χ0) is 30.1. The standard InChI is InChI=1S/C36H37ClN2O2S/c1-35(2,3)42-33-29-21-24(13-18-28-19-15-26-9-7-8-10-30(26)38-28)14-20-31(29)39(23-25-11-16-27(37)17-12-25)32(33)22-36(4,5)34(40)41-6/h7-21H,22-23H2,1-6H3/b18-13+. The quantitative estimate of drug-likeness (QED) is 0.132. The van der Waals surface area contributed by atoms with E-state index < -0.39 is 5.41 Å². The van der Waals surface area contributed by atoms with Crippen molar-refractivity contribution in [1.29, 1.82) is 0 Å². The fourth-order valence-electron chi connectivity index (χ4n) is 5.17. The summed E-state index contributed by atoms with van der Waals surface area (Å²) in [5.41, 5.74) is 5.71. The predicted octanol–water partition coefficient (Wildman–Crippen LogP) is 9.69. The Labute approximate surface area is 257 Å². The molecule has 0 aliphatic heterocycles. The number of halogens is 1. The summed E-state index contributed by atoms with van der Waals surface area (Å²) in [5.74, 6) is -0.219. The monoisotopic (exact) mass is 596 g/mol. The van der Waals surface area contributed by atoms with E-state index in [2.05, 4.69) is 80.0 Å². The van der Waals surface area contributed by atoms with Crippen molar-refractivity contribution in [2.75, 3.05) is 7.11 Å². The number of esters is 1. The maximum atomic E-state index is 12.8. The number of methoxy groups -OCH3 is 1. The first-order valence-corrected chi connectivity index (χ1v) is 15.3. The van der Waals surface area contributed by atoms with E-state index in [1.165, 1.54) is 17.4 Å². The Hall–Kier alpha value is -3.54. The molecule has 0 spiro atoms. The summed E-state index contributed by atoms with van der Waals surface area (Å²) in [5, 5.41) is 3.02. The lowest BCUT2D eigenvalue weighted by Crippen LogP contribution is -2.29. The topological polar surface area (TPSA) is 44.1 Å². The highest BCUT2D eigenvalue weighted by molar-refractivity contribution is 8.00. The van der Waals surface area contributed by atoms with Crippen LogP contribution >= 0.6 is 23.4 Å². The van der Waals surface area contributed by atoms with Crippen molar-refractivity contribution < 1.29 is 9.53 Å². The number of nitrogens with zero attached hydrogens (tertiary/aromatic N) is 2. The van der Waals surface area contributed by atoms with Gasteiger partial charge >= 0.3 is 5.97 Å². The maximum absolute atomic E-state index is 12.8. The molecule has 5 rings (SSSR count). The fourth-order valence-corrected chi connectivity index (χ4v) is 6.48. The van der Waals surface area contributed by atoms with Gasteiger partial charge in [0.2, 0.25) is 0 Å². The smallest absolute Gasteiger partial charge is 0.311 e. The van der Waals surface area contributed by atoms with Crippen molar-refractivity contribution in [3.63, 3.8) is 0 Å². The number of benzene rings is 3. The van der Waals surface area contributed by atoms with Crippen LogP contribution in [0, 0.1) is 5.41 Å². The predicted molar refractivity (Wildman–Crippen MR) is 178 cm³/mol. The SMILES string of the molecule is COC(=O)C(C)(C)Cc1c(SC(C)(C)C)c2cc(/C=C/c3ccc4ccccc4n3)ccc2n1Cc1ccc(Cl)cc1. The number of aromatic nitrogens is 2. The van der Waals surface area contributed by atoms with E-state index in [1.54, 1.807) is 0 Å². The van der Waals surface area contributed by atoms with Gasteiger partial charge in [0.1, 0.15) is 0 Å². The van der Waals surface area contributed by atoms with Crippen LogP contribution in [0.15, 0.2) is 83.8 Å². The van der Waals surface area contributed by atoms with Gasteiger partial charge in [0, 0.05) is 49.6 Å². The van der Waals surface area contributed by atoms with E-state index in [9.17, 15) is 4.79 Å². The van der Waals surface area contributed by atoms with E-state index in [0.29, 0.717) is 18.0 Å². The van der Waals surface area contributed by atoms with Crippen LogP contribution < -0.4 is 0 Å². The molecule has 42 heavy (non-hydrogen) atoms. The first-order valence-electron chi connectivity index (χ1n) is 14.1. The lowest BCUT2D eigenvalue weighted by Gasteiger charge is -2.25. The first kappa shape index (κ1) is 29.9. The summed E-state index contributed by atoms with van der Waals surface area (Å²) in [6.07, 6.45) is 4.74. The molecular formula is C36H37ClN2O2S. The molecule has 216 valence electrons.